The first-order chi connectivity index (χ1) is 20.4. The van der Waals surface area contributed by atoms with Crippen molar-refractivity contribution in [1.82, 2.24) is 4.90 Å². The molecule has 3 fully saturated rings. The number of rotatable bonds is 13. The van der Waals surface area contributed by atoms with Crippen LogP contribution in [0.5, 0.6) is 5.75 Å². The van der Waals surface area contributed by atoms with Gasteiger partial charge in [-0.3, -0.25) is 14.4 Å². The molecule has 3 aliphatic rings. The number of amides is 2. The van der Waals surface area contributed by atoms with Crippen molar-refractivity contribution in [3.8, 4) is 5.75 Å². The van der Waals surface area contributed by atoms with E-state index in [1.165, 1.54) is 0 Å². The zero-order chi connectivity index (χ0) is 29.9. The van der Waals surface area contributed by atoms with Crippen molar-refractivity contribution in [2.75, 3.05) is 31.8 Å². The van der Waals surface area contributed by atoms with Crippen LogP contribution in [0.4, 0.5) is 5.69 Å². The minimum absolute atomic E-state index is 0.108. The molecule has 0 radical (unpaired) electrons. The second kappa shape index (κ2) is 12.8. The highest BCUT2D eigenvalue weighted by atomic mass is 32.2. The molecule has 5 rings (SSSR count). The summed E-state index contributed by atoms with van der Waals surface area (Å²) < 4.78 is 10.1. The van der Waals surface area contributed by atoms with Gasteiger partial charge in [-0.2, -0.15) is 0 Å². The van der Waals surface area contributed by atoms with E-state index in [0.717, 1.165) is 5.56 Å². The van der Waals surface area contributed by atoms with Crippen LogP contribution >= 0.6 is 11.8 Å². The monoisotopic (exact) mass is 590 g/mol. The molecule has 9 heteroatoms. The lowest BCUT2D eigenvalue weighted by molar-refractivity contribution is -0.154. The van der Waals surface area contributed by atoms with Crippen LogP contribution in [0.2, 0.25) is 0 Å². The number of ether oxygens (including phenoxy) is 2. The summed E-state index contributed by atoms with van der Waals surface area (Å²) in [5.41, 5.74) is 1.59. The van der Waals surface area contributed by atoms with Crippen LogP contribution in [-0.2, 0) is 25.5 Å². The van der Waals surface area contributed by atoms with Crippen molar-refractivity contribution in [2.45, 2.75) is 47.8 Å². The van der Waals surface area contributed by atoms with Crippen molar-refractivity contribution in [3.63, 3.8) is 0 Å². The molecule has 2 unspecified atom stereocenters. The maximum absolute atomic E-state index is 14.8. The average molecular weight is 591 g/mol. The first-order valence-electron chi connectivity index (χ1n) is 14.4. The minimum atomic E-state index is -0.876. The Balaban J connectivity index is 1.57. The first kappa shape index (κ1) is 29.9. The molecule has 1 N–H and O–H groups in total. The molecule has 1 spiro atoms. The van der Waals surface area contributed by atoms with Gasteiger partial charge in [0, 0.05) is 17.5 Å². The quantitative estimate of drug-likeness (QED) is 0.214. The number of hydrogen-bond donors (Lipinski definition) is 1. The molecule has 0 aliphatic carbocycles. The molecule has 222 valence electrons. The van der Waals surface area contributed by atoms with Gasteiger partial charge in [0.1, 0.15) is 11.8 Å². The number of carbonyl (C=O) groups excluding carboxylic acids is 3. The van der Waals surface area contributed by atoms with Gasteiger partial charge in [0.2, 0.25) is 5.91 Å². The summed E-state index contributed by atoms with van der Waals surface area (Å²) in [5, 5.41) is 10.6. The van der Waals surface area contributed by atoms with Crippen LogP contribution in [0.1, 0.15) is 24.8 Å². The predicted octanol–water partition coefficient (Wildman–Crippen LogP) is 4.03. The summed E-state index contributed by atoms with van der Waals surface area (Å²) in [7, 11) is 1.58. The van der Waals surface area contributed by atoms with E-state index in [1.54, 1.807) is 53.0 Å². The van der Waals surface area contributed by atoms with E-state index < -0.39 is 34.6 Å². The Morgan fingerprint density at radius 2 is 1.90 bits per heavy atom. The number of anilines is 1. The van der Waals surface area contributed by atoms with Gasteiger partial charge in [-0.25, -0.2) is 0 Å². The minimum Gasteiger partial charge on any atom is -0.497 e. The summed E-state index contributed by atoms with van der Waals surface area (Å²) in [6.07, 6.45) is 5.57. The largest absolute Gasteiger partial charge is 0.497 e. The van der Waals surface area contributed by atoms with Crippen molar-refractivity contribution in [1.29, 1.82) is 0 Å². The number of thioether (sulfide) groups is 1. The fourth-order valence-electron chi connectivity index (χ4n) is 6.87. The molecular formula is C33H38N2O6S. The first-order valence-corrected chi connectivity index (χ1v) is 15.3. The molecule has 2 aromatic rings. The molecule has 2 aromatic carbocycles. The maximum Gasteiger partial charge on any atom is 0.310 e. The van der Waals surface area contributed by atoms with E-state index in [9.17, 15) is 19.5 Å². The third-order valence-electron chi connectivity index (χ3n) is 8.69. The molecule has 6 atom stereocenters. The van der Waals surface area contributed by atoms with Gasteiger partial charge < -0.3 is 24.4 Å². The number of aliphatic hydroxyl groups is 1. The molecule has 3 aliphatic heterocycles. The van der Waals surface area contributed by atoms with Crippen LogP contribution in [0, 0.1) is 11.8 Å². The molecule has 2 bridgehead atoms. The van der Waals surface area contributed by atoms with Crippen molar-refractivity contribution < 1.29 is 29.0 Å². The molecule has 3 saturated heterocycles. The van der Waals surface area contributed by atoms with Crippen molar-refractivity contribution >= 4 is 35.2 Å². The third kappa shape index (κ3) is 5.24. The molecule has 3 heterocycles. The molecule has 8 nitrogen and oxygen atoms in total. The standard InChI is InChI=1S/C33H38N2O6S/c1-4-6-19-41-32(39)27-26-16-17-33(42-26)28(27)30(37)35(24(21-36)20-22-10-8-7-9-11-22)29(33)31(38)34(18-5-2)23-12-14-25(40-3)15-13-23/h4-5,7-15,24,26-29,36H,1-2,6,16-21H2,3H3/t24-,26-,27+,28+,29?,33?/m1/s1. The molecule has 0 aromatic heterocycles. The highest BCUT2D eigenvalue weighted by molar-refractivity contribution is 8.02. The predicted molar refractivity (Wildman–Crippen MR) is 163 cm³/mol. The highest BCUT2D eigenvalue weighted by Crippen LogP contribution is 2.67. The summed E-state index contributed by atoms with van der Waals surface area (Å²) in [4.78, 5) is 45.9. The van der Waals surface area contributed by atoms with E-state index in [-0.39, 0.29) is 36.8 Å². The topological polar surface area (TPSA) is 96.4 Å². The van der Waals surface area contributed by atoms with Crippen LogP contribution in [0.25, 0.3) is 0 Å². The summed E-state index contributed by atoms with van der Waals surface area (Å²) >= 11 is 1.58. The van der Waals surface area contributed by atoms with Gasteiger partial charge >= 0.3 is 5.97 Å². The fraction of sp³-hybridized carbons (Fsp3) is 0.424. The van der Waals surface area contributed by atoms with Crippen molar-refractivity contribution in [3.05, 3.63) is 85.5 Å². The Kier molecular flexibility index (Phi) is 9.08. The lowest BCUT2D eigenvalue weighted by atomic mass is 9.71. The maximum atomic E-state index is 14.8. The van der Waals surface area contributed by atoms with E-state index in [4.69, 9.17) is 9.47 Å². The second-order valence-corrected chi connectivity index (χ2v) is 12.6. The zero-order valence-electron chi connectivity index (χ0n) is 23.9. The number of aliphatic hydroxyl groups excluding tert-OH is 1. The fourth-order valence-corrected chi connectivity index (χ4v) is 9.06. The van der Waals surface area contributed by atoms with Gasteiger partial charge in [0.15, 0.2) is 0 Å². The molecular weight excluding hydrogens is 552 g/mol. The molecule has 42 heavy (non-hydrogen) atoms. The lowest BCUT2D eigenvalue weighted by Crippen LogP contribution is -2.58. The van der Waals surface area contributed by atoms with Gasteiger partial charge in [-0.05, 0) is 55.5 Å². The number of likely N-dealkylation sites (tertiary alicyclic amines) is 1. The van der Waals surface area contributed by atoms with E-state index in [2.05, 4.69) is 13.2 Å². The summed E-state index contributed by atoms with van der Waals surface area (Å²) in [5.74, 6) is -1.62. The van der Waals surface area contributed by atoms with Gasteiger partial charge in [-0.15, -0.1) is 24.9 Å². The number of fused-ring (bicyclic) bond motifs is 1. The molecule has 2 amide bonds. The average Bonchev–Trinajstić information content (AvgIpc) is 3.66. The Labute approximate surface area is 251 Å². The second-order valence-electron chi connectivity index (χ2n) is 11.0. The van der Waals surface area contributed by atoms with Crippen LogP contribution in [0.15, 0.2) is 79.9 Å². The van der Waals surface area contributed by atoms with Gasteiger partial charge in [-0.1, -0.05) is 42.5 Å². The third-order valence-corrected chi connectivity index (χ3v) is 10.6. The number of esters is 1. The Morgan fingerprint density at radius 1 is 1.17 bits per heavy atom. The van der Waals surface area contributed by atoms with Gasteiger partial charge in [0.25, 0.3) is 5.91 Å². The van der Waals surface area contributed by atoms with Crippen LogP contribution < -0.4 is 9.64 Å². The van der Waals surface area contributed by atoms with Crippen LogP contribution in [0.3, 0.4) is 0 Å². The summed E-state index contributed by atoms with van der Waals surface area (Å²) in [6.45, 7) is 7.68. The van der Waals surface area contributed by atoms with Crippen molar-refractivity contribution in [2.24, 2.45) is 11.8 Å². The smallest absolute Gasteiger partial charge is 0.310 e. The summed E-state index contributed by atoms with van der Waals surface area (Å²) in [6, 6.07) is 15.3. The van der Waals surface area contributed by atoms with Gasteiger partial charge in [0.05, 0.1) is 42.9 Å². The Bertz CT molecular complexity index is 1320. The number of hydrogen-bond acceptors (Lipinski definition) is 7. The Morgan fingerprint density at radius 3 is 2.55 bits per heavy atom. The number of benzene rings is 2. The van der Waals surface area contributed by atoms with E-state index >= 15 is 0 Å². The van der Waals surface area contributed by atoms with E-state index in [1.807, 2.05) is 42.5 Å². The number of methoxy groups -OCH3 is 1. The Hall–Kier alpha value is -3.56. The highest BCUT2D eigenvalue weighted by Gasteiger charge is 2.74. The van der Waals surface area contributed by atoms with E-state index in [0.29, 0.717) is 37.1 Å². The van der Waals surface area contributed by atoms with Crippen LogP contribution in [-0.4, -0.2) is 76.7 Å². The normalized spacial score (nSPS) is 26.4. The number of carbonyl (C=O) groups is 3. The SMILES string of the molecule is C=CCCOC(=O)[C@@H]1[C@H]2C(=O)N([C@@H](CO)Cc3ccccc3)C(C(=O)N(CC=C)c3ccc(OC)cc3)C23CC[C@H]1S3. The zero-order valence-corrected chi connectivity index (χ0v) is 24.7. The lowest BCUT2D eigenvalue weighted by Gasteiger charge is -2.39. The number of nitrogens with zero attached hydrogens (tertiary/aromatic N) is 2. The molecule has 0 saturated carbocycles.